The van der Waals surface area contributed by atoms with Gasteiger partial charge in [-0.1, -0.05) is 13.8 Å². The Morgan fingerprint density at radius 3 is 2.45 bits per heavy atom. The molecule has 0 rings (SSSR count). The van der Waals surface area contributed by atoms with Crippen LogP contribution in [0.25, 0.3) is 0 Å². The molecule has 0 saturated carbocycles. The van der Waals surface area contributed by atoms with Gasteiger partial charge in [-0.2, -0.15) is 0 Å². The highest BCUT2D eigenvalue weighted by atomic mass is 32.2. The molecule has 0 unspecified atom stereocenters. The van der Waals surface area contributed by atoms with Crippen molar-refractivity contribution in [2.24, 2.45) is 5.92 Å². The Balaban J connectivity index is 3.38. The van der Waals surface area contributed by atoms with E-state index in [9.17, 15) is 4.79 Å². The maximum absolute atomic E-state index is 11.0. The van der Waals surface area contributed by atoms with E-state index in [0.29, 0.717) is 5.92 Å². The van der Waals surface area contributed by atoms with E-state index in [4.69, 9.17) is 0 Å². The quantitative estimate of drug-likeness (QED) is 0.662. The molecule has 0 aliphatic heterocycles. The first-order chi connectivity index (χ1) is 5.02. The molecule has 3 nitrogen and oxygen atoms in total. The van der Waals surface area contributed by atoms with E-state index >= 15 is 0 Å². The minimum Gasteiger partial charge on any atom is -0.346 e. The molecule has 0 radical (unpaired) electrons. The highest BCUT2D eigenvalue weighted by Gasteiger charge is 2.03. The molecule has 0 fully saturated rings. The number of hydrogen-bond donors (Lipinski definition) is 1. The van der Waals surface area contributed by atoms with Crippen molar-refractivity contribution >= 4 is 17.2 Å². The van der Waals surface area contributed by atoms with Crippen molar-refractivity contribution in [2.45, 2.75) is 13.8 Å². The number of amides is 1. The van der Waals surface area contributed by atoms with Crippen molar-refractivity contribution in [1.29, 1.82) is 0 Å². The van der Waals surface area contributed by atoms with Crippen molar-refractivity contribution in [3.05, 3.63) is 0 Å². The Bertz CT molecular complexity index is 126. The Hall–Kier alpha value is -0.220. The Kier molecular flexibility index (Phi) is 5.32. The molecule has 0 bridgehead atoms. The van der Waals surface area contributed by atoms with Gasteiger partial charge in [0.25, 0.3) is 5.24 Å². The predicted octanol–water partition coefficient (Wildman–Crippen LogP) is 1.56. The van der Waals surface area contributed by atoms with Gasteiger partial charge < -0.3 is 5.32 Å². The van der Waals surface area contributed by atoms with Crippen LogP contribution in [0.3, 0.4) is 0 Å². The summed E-state index contributed by atoms with van der Waals surface area (Å²) < 4.78 is 1.77. The van der Waals surface area contributed by atoms with E-state index in [1.807, 2.05) is 14.1 Å². The molecule has 0 aromatic carbocycles. The second kappa shape index (κ2) is 5.43. The number of nitrogens with one attached hydrogen (secondary N) is 1. The molecule has 0 aromatic heterocycles. The maximum Gasteiger partial charge on any atom is 0.294 e. The predicted molar refractivity (Wildman–Crippen MR) is 49.5 cm³/mol. The molecule has 0 aliphatic rings. The molecule has 0 aromatic rings. The Morgan fingerprint density at radius 2 is 2.09 bits per heavy atom. The largest absolute Gasteiger partial charge is 0.346 e. The summed E-state index contributed by atoms with van der Waals surface area (Å²) in [5, 5.41) is 2.81. The topological polar surface area (TPSA) is 32.3 Å². The van der Waals surface area contributed by atoms with Gasteiger partial charge in [0.05, 0.1) is 0 Å². The zero-order valence-corrected chi connectivity index (χ0v) is 8.36. The van der Waals surface area contributed by atoms with Crippen molar-refractivity contribution in [1.82, 2.24) is 9.62 Å². The van der Waals surface area contributed by atoms with Crippen LogP contribution in [0.4, 0.5) is 4.79 Å². The second-order valence-corrected chi connectivity index (χ2v) is 4.25. The van der Waals surface area contributed by atoms with Gasteiger partial charge in [0.2, 0.25) is 0 Å². The van der Waals surface area contributed by atoms with Gasteiger partial charge in [-0.25, -0.2) is 4.31 Å². The molecule has 0 heterocycles. The molecular formula is C7H16N2OS. The zero-order chi connectivity index (χ0) is 8.85. The smallest absolute Gasteiger partial charge is 0.294 e. The van der Waals surface area contributed by atoms with Crippen LogP contribution in [-0.4, -0.2) is 30.2 Å². The summed E-state index contributed by atoms with van der Waals surface area (Å²) in [6, 6.07) is 0. The average molecular weight is 176 g/mol. The van der Waals surface area contributed by atoms with Crippen LogP contribution in [0, 0.1) is 5.92 Å². The van der Waals surface area contributed by atoms with Gasteiger partial charge in [0, 0.05) is 18.5 Å². The summed E-state index contributed by atoms with van der Waals surface area (Å²) in [6.07, 6.45) is 0. The third kappa shape index (κ3) is 7.68. The third-order valence-corrected chi connectivity index (χ3v) is 1.60. The van der Waals surface area contributed by atoms with Crippen LogP contribution in [0.2, 0.25) is 0 Å². The summed E-state index contributed by atoms with van der Waals surface area (Å²) in [7, 11) is 3.69. The molecule has 0 atom stereocenters. The van der Waals surface area contributed by atoms with Gasteiger partial charge in [0.1, 0.15) is 0 Å². The maximum atomic E-state index is 11.0. The van der Waals surface area contributed by atoms with Gasteiger partial charge in [0.15, 0.2) is 0 Å². The number of hydrogen-bond acceptors (Lipinski definition) is 3. The molecule has 0 aliphatic carbocycles. The van der Waals surface area contributed by atoms with Crippen LogP contribution < -0.4 is 5.32 Å². The monoisotopic (exact) mass is 176 g/mol. The van der Waals surface area contributed by atoms with Gasteiger partial charge in [-0.3, -0.25) is 4.79 Å². The summed E-state index contributed by atoms with van der Waals surface area (Å²) in [5.74, 6) is 0.515. The summed E-state index contributed by atoms with van der Waals surface area (Å²) >= 11 is 1.18. The third-order valence-electron chi connectivity index (χ3n) is 0.920. The van der Waals surface area contributed by atoms with E-state index < -0.39 is 0 Å². The summed E-state index contributed by atoms with van der Waals surface area (Å²) in [5.41, 5.74) is 0. The SMILES string of the molecule is CC(C)CNC(=O)SN(C)C. The summed E-state index contributed by atoms with van der Waals surface area (Å²) in [4.78, 5) is 11.0. The number of carbonyl (C=O) groups excluding carboxylic acids is 1. The van der Waals surface area contributed by atoms with Crippen molar-refractivity contribution in [2.75, 3.05) is 20.6 Å². The second-order valence-electron chi connectivity index (χ2n) is 2.97. The molecule has 11 heavy (non-hydrogen) atoms. The normalized spacial score (nSPS) is 10.7. The fraction of sp³-hybridized carbons (Fsp3) is 0.857. The lowest BCUT2D eigenvalue weighted by Gasteiger charge is -2.09. The van der Waals surface area contributed by atoms with Gasteiger partial charge in [-0.05, 0) is 20.0 Å². The first-order valence-electron chi connectivity index (χ1n) is 3.65. The Labute approximate surface area is 72.7 Å². The first-order valence-corrected chi connectivity index (χ1v) is 4.43. The fourth-order valence-corrected chi connectivity index (χ4v) is 0.965. The highest BCUT2D eigenvalue weighted by molar-refractivity contribution is 8.11. The minimum atomic E-state index is 0.0173. The van der Waals surface area contributed by atoms with E-state index in [-0.39, 0.29) is 5.24 Å². The van der Waals surface area contributed by atoms with Crippen LogP contribution >= 0.6 is 11.9 Å². The lowest BCUT2D eigenvalue weighted by molar-refractivity contribution is 0.259. The molecule has 1 amide bonds. The molecule has 1 N–H and O–H groups in total. The lowest BCUT2D eigenvalue weighted by atomic mass is 10.2. The van der Waals surface area contributed by atoms with E-state index in [1.54, 1.807) is 4.31 Å². The van der Waals surface area contributed by atoms with Crippen LogP contribution in [0.1, 0.15) is 13.8 Å². The zero-order valence-electron chi connectivity index (χ0n) is 7.55. The van der Waals surface area contributed by atoms with Crippen molar-refractivity contribution in [3.63, 3.8) is 0 Å². The first kappa shape index (κ1) is 10.8. The standard InChI is InChI=1S/C7H16N2OS/c1-6(2)5-8-7(10)11-9(3)4/h6H,5H2,1-4H3,(H,8,10). The van der Waals surface area contributed by atoms with Crippen LogP contribution in [0.5, 0.6) is 0 Å². The van der Waals surface area contributed by atoms with E-state index in [2.05, 4.69) is 19.2 Å². The highest BCUT2D eigenvalue weighted by Crippen LogP contribution is 2.03. The van der Waals surface area contributed by atoms with Crippen molar-refractivity contribution in [3.8, 4) is 0 Å². The molecule has 66 valence electrons. The van der Waals surface area contributed by atoms with Crippen molar-refractivity contribution < 1.29 is 4.79 Å². The molecule has 0 spiro atoms. The number of carbonyl (C=O) groups is 1. The van der Waals surface area contributed by atoms with E-state index in [1.165, 1.54) is 11.9 Å². The van der Waals surface area contributed by atoms with Gasteiger partial charge in [-0.15, -0.1) is 0 Å². The minimum absolute atomic E-state index is 0.0173. The van der Waals surface area contributed by atoms with Crippen LogP contribution in [-0.2, 0) is 0 Å². The van der Waals surface area contributed by atoms with Crippen LogP contribution in [0.15, 0.2) is 0 Å². The summed E-state index contributed by atoms with van der Waals surface area (Å²) in [6.45, 7) is 4.89. The number of nitrogens with zero attached hydrogens (tertiary/aromatic N) is 1. The molecular weight excluding hydrogens is 160 g/mol. The Morgan fingerprint density at radius 1 is 1.55 bits per heavy atom. The van der Waals surface area contributed by atoms with Gasteiger partial charge >= 0.3 is 0 Å². The van der Waals surface area contributed by atoms with E-state index in [0.717, 1.165) is 6.54 Å². The lowest BCUT2D eigenvalue weighted by Crippen LogP contribution is -2.25. The molecule has 4 heteroatoms. The number of rotatable bonds is 3. The average Bonchev–Trinajstić information content (AvgIpc) is 1.82. The fourth-order valence-electron chi connectivity index (χ4n) is 0.486. The molecule has 0 saturated heterocycles.